The quantitative estimate of drug-likeness (QED) is 0.521. The lowest BCUT2D eigenvalue weighted by Crippen LogP contribution is -2.18. The topological polar surface area (TPSA) is 75.2 Å². The predicted molar refractivity (Wildman–Crippen MR) is 76.0 cm³/mol. The summed E-state index contributed by atoms with van der Waals surface area (Å²) < 4.78 is 13.1. The Hall–Kier alpha value is -0.630. The van der Waals surface area contributed by atoms with Crippen molar-refractivity contribution in [2.75, 3.05) is 19.0 Å². The highest BCUT2D eigenvalue weighted by molar-refractivity contribution is 7.99. The van der Waals surface area contributed by atoms with Gasteiger partial charge in [0.2, 0.25) is 0 Å². The van der Waals surface area contributed by atoms with Crippen LogP contribution >= 0.6 is 11.8 Å². The summed E-state index contributed by atoms with van der Waals surface area (Å²) in [5.41, 5.74) is 5.62. The second-order valence-electron chi connectivity index (χ2n) is 3.82. The maximum atomic E-state index is 5.62. The fourth-order valence-corrected chi connectivity index (χ4v) is 2.71. The van der Waals surface area contributed by atoms with Gasteiger partial charge in [-0.05, 0) is 20.8 Å². The molecule has 0 atom stereocenters. The fourth-order valence-electron chi connectivity index (χ4n) is 1.73. The third-order valence-corrected chi connectivity index (χ3v) is 3.58. The number of aromatic nitrogens is 3. The van der Waals surface area contributed by atoms with E-state index in [1.807, 2.05) is 18.4 Å². The molecule has 2 N–H and O–H groups in total. The van der Waals surface area contributed by atoms with E-state index in [1.54, 1.807) is 11.8 Å². The Balaban J connectivity index is 2.45. The Morgan fingerprint density at radius 3 is 2.42 bits per heavy atom. The summed E-state index contributed by atoms with van der Waals surface area (Å²) in [7, 11) is 0. The van der Waals surface area contributed by atoms with Gasteiger partial charge in [-0.15, -0.1) is 10.2 Å². The van der Waals surface area contributed by atoms with E-state index < -0.39 is 0 Å². The molecule has 0 fully saturated rings. The third-order valence-electron chi connectivity index (χ3n) is 2.58. The molecule has 6 nitrogen and oxygen atoms in total. The van der Waals surface area contributed by atoms with Crippen LogP contribution in [-0.4, -0.2) is 40.0 Å². The van der Waals surface area contributed by atoms with Crippen molar-refractivity contribution in [3.63, 3.8) is 0 Å². The van der Waals surface area contributed by atoms with Crippen LogP contribution in [0.3, 0.4) is 0 Å². The molecule has 0 bridgehead atoms. The van der Waals surface area contributed by atoms with Crippen LogP contribution in [0, 0.1) is 0 Å². The Morgan fingerprint density at radius 1 is 1.21 bits per heavy atom. The van der Waals surface area contributed by atoms with E-state index in [-0.39, 0.29) is 6.29 Å². The Morgan fingerprint density at radius 2 is 1.89 bits per heavy atom. The number of hydrogen-bond acceptors (Lipinski definition) is 6. The molecule has 0 spiro atoms. The minimum atomic E-state index is -0.130. The van der Waals surface area contributed by atoms with Crippen LogP contribution in [0.15, 0.2) is 5.16 Å². The van der Waals surface area contributed by atoms with E-state index in [0.717, 1.165) is 29.7 Å². The third kappa shape index (κ3) is 5.10. The zero-order chi connectivity index (χ0) is 14.1. The van der Waals surface area contributed by atoms with Gasteiger partial charge in [0.15, 0.2) is 11.4 Å². The molecule has 1 rings (SSSR count). The fraction of sp³-hybridized carbons (Fsp3) is 0.833. The van der Waals surface area contributed by atoms with Crippen molar-refractivity contribution in [3.8, 4) is 0 Å². The first kappa shape index (κ1) is 16.4. The van der Waals surface area contributed by atoms with Gasteiger partial charge < -0.3 is 19.8 Å². The van der Waals surface area contributed by atoms with Gasteiger partial charge in [-0.3, -0.25) is 0 Å². The van der Waals surface area contributed by atoms with Gasteiger partial charge in [0.05, 0.1) is 6.54 Å². The first-order chi connectivity index (χ1) is 9.26. The molecule has 0 saturated carbocycles. The van der Waals surface area contributed by atoms with E-state index in [0.29, 0.717) is 19.8 Å². The molecule has 110 valence electrons. The summed E-state index contributed by atoms with van der Waals surface area (Å²) in [4.78, 5) is 0. The smallest absolute Gasteiger partial charge is 0.191 e. The summed E-state index contributed by atoms with van der Waals surface area (Å²) in [6, 6.07) is 0. The van der Waals surface area contributed by atoms with Crippen LogP contribution in [0.5, 0.6) is 0 Å². The van der Waals surface area contributed by atoms with E-state index in [4.69, 9.17) is 15.2 Å². The summed E-state index contributed by atoms with van der Waals surface area (Å²) in [6.45, 7) is 8.59. The average Bonchev–Trinajstić information content (AvgIpc) is 2.81. The Kier molecular flexibility index (Phi) is 8.04. The lowest BCUT2D eigenvalue weighted by molar-refractivity contribution is -0.136. The monoisotopic (exact) mass is 288 g/mol. The number of ether oxygens (including phenoxy) is 2. The van der Waals surface area contributed by atoms with E-state index in [1.165, 1.54) is 0 Å². The lowest BCUT2D eigenvalue weighted by Gasteiger charge is -2.16. The van der Waals surface area contributed by atoms with Gasteiger partial charge in [0, 0.05) is 31.9 Å². The number of nitrogens with zero attached hydrogens (tertiary/aromatic N) is 3. The molecule has 1 aromatic rings. The molecule has 7 heteroatoms. The van der Waals surface area contributed by atoms with Crippen molar-refractivity contribution in [2.45, 2.75) is 51.7 Å². The van der Waals surface area contributed by atoms with Crippen molar-refractivity contribution >= 4 is 11.8 Å². The summed E-state index contributed by atoms with van der Waals surface area (Å²) in [5, 5.41) is 9.15. The molecular formula is C12H24N4O2S. The molecular weight excluding hydrogens is 264 g/mol. The Bertz CT molecular complexity index is 353. The maximum Gasteiger partial charge on any atom is 0.191 e. The number of nitrogens with two attached hydrogens (primary N) is 1. The molecule has 0 aliphatic rings. The SMILES string of the molecule is CCOC(CCSc1nnc(CN)n1CC)OCC. The second kappa shape index (κ2) is 9.30. The molecule has 0 aromatic carbocycles. The second-order valence-corrected chi connectivity index (χ2v) is 4.89. The highest BCUT2D eigenvalue weighted by atomic mass is 32.2. The summed E-state index contributed by atoms with van der Waals surface area (Å²) >= 11 is 1.66. The molecule has 0 radical (unpaired) electrons. The molecule has 0 aliphatic heterocycles. The van der Waals surface area contributed by atoms with E-state index in [2.05, 4.69) is 17.1 Å². The molecule has 19 heavy (non-hydrogen) atoms. The van der Waals surface area contributed by atoms with Crippen LogP contribution in [0.4, 0.5) is 0 Å². The standard InChI is InChI=1S/C12H24N4O2S/c1-4-16-10(9-13)14-15-12(16)19-8-7-11(17-5-2)18-6-3/h11H,4-9,13H2,1-3H3. The van der Waals surface area contributed by atoms with Crippen LogP contribution in [0.1, 0.15) is 33.0 Å². The minimum Gasteiger partial charge on any atom is -0.353 e. The van der Waals surface area contributed by atoms with Gasteiger partial charge in [-0.2, -0.15) is 0 Å². The molecule has 0 amide bonds. The highest BCUT2D eigenvalue weighted by Gasteiger charge is 2.12. The zero-order valence-corrected chi connectivity index (χ0v) is 12.8. The summed E-state index contributed by atoms with van der Waals surface area (Å²) in [6.07, 6.45) is 0.704. The molecule has 1 heterocycles. The van der Waals surface area contributed by atoms with Crippen LogP contribution in [-0.2, 0) is 22.6 Å². The number of thioether (sulfide) groups is 1. The zero-order valence-electron chi connectivity index (χ0n) is 12.0. The maximum absolute atomic E-state index is 5.62. The predicted octanol–water partition coefficient (Wildman–Crippen LogP) is 1.64. The summed E-state index contributed by atoms with van der Waals surface area (Å²) in [5.74, 6) is 1.71. The lowest BCUT2D eigenvalue weighted by atomic mass is 10.5. The van der Waals surface area contributed by atoms with Crippen molar-refractivity contribution < 1.29 is 9.47 Å². The molecule has 0 aliphatic carbocycles. The van der Waals surface area contributed by atoms with Crippen LogP contribution < -0.4 is 5.73 Å². The van der Waals surface area contributed by atoms with Gasteiger partial charge in [0.25, 0.3) is 0 Å². The molecule has 0 unspecified atom stereocenters. The van der Waals surface area contributed by atoms with Gasteiger partial charge in [-0.1, -0.05) is 11.8 Å². The average molecular weight is 288 g/mol. The van der Waals surface area contributed by atoms with E-state index in [9.17, 15) is 0 Å². The Labute approximate surface area is 119 Å². The van der Waals surface area contributed by atoms with Gasteiger partial charge in [-0.25, -0.2) is 0 Å². The molecule has 1 aromatic heterocycles. The largest absolute Gasteiger partial charge is 0.353 e. The van der Waals surface area contributed by atoms with Crippen molar-refractivity contribution in [1.82, 2.24) is 14.8 Å². The first-order valence-corrected chi connectivity index (χ1v) is 7.73. The van der Waals surface area contributed by atoms with E-state index >= 15 is 0 Å². The van der Waals surface area contributed by atoms with Crippen molar-refractivity contribution in [2.24, 2.45) is 5.73 Å². The first-order valence-electron chi connectivity index (χ1n) is 6.74. The highest BCUT2D eigenvalue weighted by Crippen LogP contribution is 2.19. The number of rotatable bonds is 10. The van der Waals surface area contributed by atoms with Gasteiger partial charge in [0.1, 0.15) is 5.82 Å². The normalized spacial score (nSPS) is 11.4. The number of hydrogen-bond donors (Lipinski definition) is 1. The van der Waals surface area contributed by atoms with Crippen LogP contribution in [0.2, 0.25) is 0 Å². The van der Waals surface area contributed by atoms with Crippen LogP contribution in [0.25, 0.3) is 0 Å². The molecule has 0 saturated heterocycles. The van der Waals surface area contributed by atoms with Crippen molar-refractivity contribution in [3.05, 3.63) is 5.82 Å². The van der Waals surface area contributed by atoms with Gasteiger partial charge >= 0.3 is 0 Å². The minimum absolute atomic E-state index is 0.130. The van der Waals surface area contributed by atoms with Crippen molar-refractivity contribution in [1.29, 1.82) is 0 Å².